The fourth-order valence-electron chi connectivity index (χ4n) is 2.47. The minimum absolute atomic E-state index is 0.0468. The summed E-state index contributed by atoms with van der Waals surface area (Å²) in [6.45, 7) is 4.27. The molecule has 1 aromatic rings. The van der Waals surface area contributed by atoms with Gasteiger partial charge in [0.1, 0.15) is 0 Å². The van der Waals surface area contributed by atoms with Gasteiger partial charge in [0.2, 0.25) is 5.91 Å². The summed E-state index contributed by atoms with van der Waals surface area (Å²) in [6, 6.07) is 7.94. The van der Waals surface area contributed by atoms with Gasteiger partial charge in [-0.2, -0.15) is 0 Å². The van der Waals surface area contributed by atoms with E-state index in [9.17, 15) is 9.59 Å². The van der Waals surface area contributed by atoms with Gasteiger partial charge < -0.3 is 10.0 Å². The topological polar surface area (TPSA) is 57.6 Å². The number of amides is 1. The fraction of sp³-hybridized carbons (Fsp3) is 0.467. The molecule has 1 fully saturated rings. The lowest BCUT2D eigenvalue weighted by Crippen LogP contribution is -2.43. The molecule has 1 amide bonds. The van der Waals surface area contributed by atoms with E-state index in [1.165, 1.54) is 5.56 Å². The zero-order chi connectivity index (χ0) is 14.0. The number of carboxylic acids is 1. The Kier molecular flexibility index (Phi) is 3.88. The molecule has 1 aromatic carbocycles. The first kappa shape index (κ1) is 13.6. The highest BCUT2D eigenvalue weighted by Gasteiger charge is 2.32. The molecule has 0 aromatic heterocycles. The van der Waals surface area contributed by atoms with Crippen molar-refractivity contribution < 1.29 is 14.7 Å². The second-order valence-electron chi connectivity index (χ2n) is 5.21. The predicted octanol–water partition coefficient (Wildman–Crippen LogP) is 2.38. The Morgan fingerprint density at radius 3 is 2.58 bits per heavy atom. The van der Waals surface area contributed by atoms with E-state index in [0.717, 1.165) is 5.56 Å². The van der Waals surface area contributed by atoms with Crippen LogP contribution in [0, 0.1) is 12.8 Å². The van der Waals surface area contributed by atoms with Crippen LogP contribution in [0.2, 0.25) is 0 Å². The van der Waals surface area contributed by atoms with E-state index in [1.54, 1.807) is 4.90 Å². The zero-order valence-corrected chi connectivity index (χ0v) is 11.3. The van der Waals surface area contributed by atoms with Gasteiger partial charge in [0.15, 0.2) is 0 Å². The first-order chi connectivity index (χ1) is 8.99. The normalized spacial score (nSPS) is 21.3. The van der Waals surface area contributed by atoms with Crippen LogP contribution < -0.4 is 0 Å². The van der Waals surface area contributed by atoms with Crippen molar-refractivity contribution in [2.45, 2.75) is 32.7 Å². The Labute approximate surface area is 113 Å². The van der Waals surface area contributed by atoms with Gasteiger partial charge in [-0.25, -0.2) is 0 Å². The number of carbonyl (C=O) groups excluding carboxylic acids is 1. The number of likely N-dealkylation sites (tertiary alicyclic amines) is 1. The number of rotatable bonds is 3. The van der Waals surface area contributed by atoms with Crippen LogP contribution in [0.5, 0.6) is 0 Å². The standard InChI is InChI=1S/C15H19NO3/c1-10-3-5-12(6-4-10)11(2)16-9-13(15(18)19)7-8-14(16)17/h3-6,11,13H,7-9H2,1-2H3,(H,18,19). The highest BCUT2D eigenvalue weighted by Crippen LogP contribution is 2.27. The van der Waals surface area contributed by atoms with Crippen LogP contribution in [-0.4, -0.2) is 28.4 Å². The van der Waals surface area contributed by atoms with Gasteiger partial charge in [0.05, 0.1) is 12.0 Å². The van der Waals surface area contributed by atoms with Crippen molar-refractivity contribution in [3.8, 4) is 0 Å². The van der Waals surface area contributed by atoms with Gasteiger partial charge in [-0.15, -0.1) is 0 Å². The molecule has 4 heteroatoms. The average molecular weight is 261 g/mol. The van der Waals surface area contributed by atoms with Crippen molar-refractivity contribution in [1.82, 2.24) is 4.90 Å². The Hall–Kier alpha value is -1.84. The quantitative estimate of drug-likeness (QED) is 0.908. The first-order valence-corrected chi connectivity index (χ1v) is 6.58. The molecule has 2 atom stereocenters. The van der Waals surface area contributed by atoms with Gasteiger partial charge in [-0.3, -0.25) is 9.59 Å². The van der Waals surface area contributed by atoms with E-state index in [2.05, 4.69) is 0 Å². The van der Waals surface area contributed by atoms with E-state index in [1.807, 2.05) is 38.1 Å². The number of carbonyl (C=O) groups is 2. The SMILES string of the molecule is Cc1ccc(C(C)N2CC(C(=O)O)CCC2=O)cc1. The first-order valence-electron chi connectivity index (χ1n) is 6.58. The fourth-order valence-corrected chi connectivity index (χ4v) is 2.47. The molecular formula is C15H19NO3. The highest BCUT2D eigenvalue weighted by molar-refractivity contribution is 5.80. The molecule has 1 N–H and O–H groups in total. The number of aryl methyl sites for hydroxylation is 1. The molecule has 2 rings (SSSR count). The van der Waals surface area contributed by atoms with Gasteiger partial charge in [-0.1, -0.05) is 29.8 Å². The van der Waals surface area contributed by atoms with Crippen molar-refractivity contribution in [2.24, 2.45) is 5.92 Å². The summed E-state index contributed by atoms with van der Waals surface area (Å²) >= 11 is 0. The Morgan fingerprint density at radius 2 is 2.00 bits per heavy atom. The Morgan fingerprint density at radius 1 is 1.37 bits per heavy atom. The number of aliphatic carboxylic acids is 1. The average Bonchev–Trinajstić information content (AvgIpc) is 2.39. The van der Waals surface area contributed by atoms with Crippen molar-refractivity contribution >= 4 is 11.9 Å². The maximum absolute atomic E-state index is 12.0. The smallest absolute Gasteiger partial charge is 0.308 e. The van der Waals surface area contributed by atoms with E-state index in [0.29, 0.717) is 19.4 Å². The van der Waals surface area contributed by atoms with Crippen molar-refractivity contribution in [3.05, 3.63) is 35.4 Å². The summed E-state index contributed by atoms with van der Waals surface area (Å²) in [4.78, 5) is 24.7. The van der Waals surface area contributed by atoms with Crippen LogP contribution in [0.25, 0.3) is 0 Å². The van der Waals surface area contributed by atoms with Crippen molar-refractivity contribution in [2.75, 3.05) is 6.54 Å². The minimum Gasteiger partial charge on any atom is -0.481 e. The van der Waals surface area contributed by atoms with Crippen molar-refractivity contribution in [3.63, 3.8) is 0 Å². The maximum atomic E-state index is 12.0. The third kappa shape index (κ3) is 2.95. The van der Waals surface area contributed by atoms with Crippen LogP contribution in [-0.2, 0) is 9.59 Å². The molecule has 1 heterocycles. The number of piperidine rings is 1. The van der Waals surface area contributed by atoms with Crippen molar-refractivity contribution in [1.29, 1.82) is 0 Å². The summed E-state index contributed by atoms with van der Waals surface area (Å²) in [5, 5.41) is 9.09. The number of hydrogen-bond donors (Lipinski definition) is 1. The van der Waals surface area contributed by atoms with Crippen LogP contribution >= 0.6 is 0 Å². The molecule has 0 spiro atoms. The molecule has 0 radical (unpaired) electrons. The lowest BCUT2D eigenvalue weighted by atomic mass is 9.94. The van der Waals surface area contributed by atoms with Gasteiger partial charge in [-0.05, 0) is 25.8 Å². The second kappa shape index (κ2) is 5.43. The summed E-state index contributed by atoms with van der Waals surface area (Å²) in [6.07, 6.45) is 0.776. The summed E-state index contributed by atoms with van der Waals surface area (Å²) in [5.41, 5.74) is 2.22. The second-order valence-corrected chi connectivity index (χ2v) is 5.21. The minimum atomic E-state index is -0.811. The van der Waals surface area contributed by atoms with Gasteiger partial charge in [0.25, 0.3) is 0 Å². The zero-order valence-electron chi connectivity index (χ0n) is 11.3. The number of nitrogens with zero attached hydrogens (tertiary/aromatic N) is 1. The molecule has 1 aliphatic heterocycles. The summed E-state index contributed by atoms with van der Waals surface area (Å²) in [7, 11) is 0. The molecule has 0 bridgehead atoms. The lowest BCUT2D eigenvalue weighted by molar-refractivity contribution is -0.148. The van der Waals surface area contributed by atoms with E-state index in [4.69, 9.17) is 5.11 Å². The number of benzene rings is 1. The molecule has 1 saturated heterocycles. The van der Waals surface area contributed by atoms with E-state index >= 15 is 0 Å². The Balaban J connectivity index is 2.16. The number of hydrogen-bond acceptors (Lipinski definition) is 2. The predicted molar refractivity (Wildman–Crippen MR) is 71.7 cm³/mol. The van der Waals surface area contributed by atoms with Crippen LogP contribution in [0.15, 0.2) is 24.3 Å². The van der Waals surface area contributed by atoms with E-state index < -0.39 is 11.9 Å². The third-order valence-corrected chi connectivity index (χ3v) is 3.82. The largest absolute Gasteiger partial charge is 0.481 e. The van der Waals surface area contributed by atoms with E-state index in [-0.39, 0.29) is 11.9 Å². The molecule has 0 saturated carbocycles. The van der Waals surface area contributed by atoms with Crippen LogP contribution in [0.3, 0.4) is 0 Å². The lowest BCUT2D eigenvalue weighted by Gasteiger charge is -2.35. The Bertz CT molecular complexity index is 481. The van der Waals surface area contributed by atoms with Gasteiger partial charge in [0, 0.05) is 13.0 Å². The van der Waals surface area contributed by atoms with Crippen LogP contribution in [0.4, 0.5) is 0 Å². The molecule has 2 unspecified atom stereocenters. The molecule has 1 aliphatic rings. The summed E-state index contributed by atoms with van der Waals surface area (Å²) < 4.78 is 0. The molecule has 102 valence electrons. The monoisotopic (exact) mass is 261 g/mol. The molecule has 0 aliphatic carbocycles. The third-order valence-electron chi connectivity index (χ3n) is 3.82. The molecule has 19 heavy (non-hydrogen) atoms. The van der Waals surface area contributed by atoms with Crippen LogP contribution in [0.1, 0.15) is 36.9 Å². The molecule has 4 nitrogen and oxygen atoms in total. The van der Waals surface area contributed by atoms with Gasteiger partial charge >= 0.3 is 5.97 Å². The number of carboxylic acid groups (broad SMARTS) is 1. The maximum Gasteiger partial charge on any atom is 0.308 e. The molecular weight excluding hydrogens is 242 g/mol. The highest BCUT2D eigenvalue weighted by atomic mass is 16.4. The summed E-state index contributed by atoms with van der Waals surface area (Å²) in [5.74, 6) is -1.20.